The third kappa shape index (κ3) is 2.95. The van der Waals surface area contributed by atoms with Crippen molar-refractivity contribution < 1.29 is 4.74 Å². The average molecular weight is 395 g/mol. The number of imidazole rings is 1. The molecule has 0 radical (unpaired) electrons. The van der Waals surface area contributed by atoms with E-state index in [0.717, 1.165) is 22.3 Å². The Morgan fingerprint density at radius 1 is 0.900 bits per heavy atom. The molecule has 5 nitrogen and oxygen atoms in total. The Bertz CT molecular complexity index is 1430. The van der Waals surface area contributed by atoms with Gasteiger partial charge in [-0.3, -0.25) is 4.79 Å². The second-order valence-electron chi connectivity index (χ2n) is 7.34. The number of rotatable bonds is 4. The Hall–Kier alpha value is -3.86. The predicted molar refractivity (Wildman–Crippen MR) is 119 cm³/mol. The van der Waals surface area contributed by atoms with Crippen molar-refractivity contribution >= 4 is 16.8 Å². The van der Waals surface area contributed by atoms with E-state index in [9.17, 15) is 4.79 Å². The Morgan fingerprint density at radius 2 is 1.60 bits per heavy atom. The van der Waals surface area contributed by atoms with E-state index >= 15 is 0 Å². The molecule has 0 aliphatic carbocycles. The highest BCUT2D eigenvalue weighted by atomic mass is 16.5. The first-order valence-corrected chi connectivity index (χ1v) is 9.85. The van der Waals surface area contributed by atoms with E-state index in [-0.39, 0.29) is 5.56 Å². The first-order valence-electron chi connectivity index (χ1n) is 9.85. The Morgan fingerprint density at radius 3 is 2.33 bits per heavy atom. The van der Waals surface area contributed by atoms with E-state index in [2.05, 4.69) is 23.6 Å². The average Bonchev–Trinajstić information content (AvgIpc) is 3.09. The molecular formula is C25H21N3O2. The molecule has 5 aromatic rings. The summed E-state index contributed by atoms with van der Waals surface area (Å²) >= 11 is 0. The summed E-state index contributed by atoms with van der Waals surface area (Å²) in [5.74, 6) is 1.41. The minimum Gasteiger partial charge on any atom is -0.497 e. The molecule has 5 heteroatoms. The topological polar surface area (TPSA) is 48.5 Å². The Balaban J connectivity index is 1.77. The van der Waals surface area contributed by atoms with Gasteiger partial charge in [-0.2, -0.15) is 0 Å². The first-order chi connectivity index (χ1) is 14.7. The van der Waals surface area contributed by atoms with E-state index < -0.39 is 0 Å². The fraction of sp³-hybridized carbons (Fsp3) is 0.120. The molecule has 0 unspecified atom stereocenters. The fourth-order valence-corrected chi connectivity index (χ4v) is 3.89. The zero-order chi connectivity index (χ0) is 20.7. The van der Waals surface area contributed by atoms with Gasteiger partial charge in [0.15, 0.2) is 0 Å². The summed E-state index contributed by atoms with van der Waals surface area (Å²) in [5, 5.41) is 0. The highest BCUT2D eigenvalue weighted by Gasteiger charge is 2.16. The van der Waals surface area contributed by atoms with E-state index in [0.29, 0.717) is 18.0 Å². The Kier molecular flexibility index (Phi) is 4.36. The summed E-state index contributed by atoms with van der Waals surface area (Å²) in [6.45, 7) is 2.74. The molecule has 0 aliphatic heterocycles. The number of hydrogen-bond acceptors (Lipinski definition) is 3. The second kappa shape index (κ2) is 7.19. The summed E-state index contributed by atoms with van der Waals surface area (Å²) < 4.78 is 9.06. The van der Waals surface area contributed by atoms with Crippen LogP contribution >= 0.6 is 0 Å². The molecule has 0 amide bonds. The molecule has 0 spiro atoms. The maximum atomic E-state index is 13.1. The van der Waals surface area contributed by atoms with E-state index in [4.69, 9.17) is 9.72 Å². The number of ether oxygens (including phenoxy) is 1. The van der Waals surface area contributed by atoms with Crippen molar-refractivity contribution in [2.75, 3.05) is 7.11 Å². The van der Waals surface area contributed by atoms with Crippen molar-refractivity contribution in [3.8, 4) is 17.0 Å². The standard InChI is InChI=1S/C25H21N3O2/c1-17-7-3-4-8-19(17)16-27-22-9-5-6-10-23(22)28-24(29)15-21(26-25(27)28)18-11-13-20(30-2)14-12-18/h3-15H,16H2,1-2H3. The van der Waals surface area contributed by atoms with Gasteiger partial charge in [0, 0.05) is 11.6 Å². The van der Waals surface area contributed by atoms with Gasteiger partial charge < -0.3 is 9.30 Å². The molecule has 0 fully saturated rings. The van der Waals surface area contributed by atoms with E-state index in [1.165, 1.54) is 11.1 Å². The molecule has 148 valence electrons. The van der Waals surface area contributed by atoms with Gasteiger partial charge in [0.1, 0.15) is 5.75 Å². The lowest BCUT2D eigenvalue weighted by Crippen LogP contribution is -2.15. The molecule has 2 heterocycles. The van der Waals surface area contributed by atoms with Gasteiger partial charge in [-0.05, 0) is 54.4 Å². The first kappa shape index (κ1) is 18.2. The second-order valence-corrected chi connectivity index (χ2v) is 7.34. The number of para-hydroxylation sites is 2. The van der Waals surface area contributed by atoms with Crippen molar-refractivity contribution in [3.63, 3.8) is 0 Å². The van der Waals surface area contributed by atoms with Crippen molar-refractivity contribution in [1.82, 2.24) is 14.0 Å². The monoisotopic (exact) mass is 395 g/mol. The van der Waals surface area contributed by atoms with Gasteiger partial charge in [0.05, 0.1) is 30.4 Å². The van der Waals surface area contributed by atoms with Crippen LogP contribution in [0, 0.1) is 6.92 Å². The van der Waals surface area contributed by atoms with Crippen LogP contribution in [-0.2, 0) is 6.54 Å². The van der Waals surface area contributed by atoms with Crippen molar-refractivity contribution in [2.24, 2.45) is 0 Å². The fourth-order valence-electron chi connectivity index (χ4n) is 3.89. The number of benzene rings is 3. The molecule has 0 saturated carbocycles. The van der Waals surface area contributed by atoms with Gasteiger partial charge in [-0.25, -0.2) is 9.38 Å². The van der Waals surface area contributed by atoms with E-state index in [1.807, 2.05) is 60.7 Å². The number of nitrogens with zero attached hydrogens (tertiary/aromatic N) is 3. The number of aryl methyl sites for hydroxylation is 1. The molecule has 30 heavy (non-hydrogen) atoms. The SMILES string of the molecule is COc1ccc(-c2cc(=O)n3c4ccccc4n(Cc4ccccc4C)c3n2)cc1. The van der Waals surface area contributed by atoms with Crippen LogP contribution < -0.4 is 10.3 Å². The summed E-state index contributed by atoms with van der Waals surface area (Å²) in [5.41, 5.74) is 5.69. The van der Waals surface area contributed by atoms with Gasteiger partial charge >= 0.3 is 0 Å². The number of methoxy groups -OCH3 is 1. The predicted octanol–water partition coefficient (Wildman–Crippen LogP) is 4.68. The van der Waals surface area contributed by atoms with Gasteiger partial charge in [-0.15, -0.1) is 0 Å². The maximum Gasteiger partial charge on any atom is 0.260 e. The van der Waals surface area contributed by atoms with Crippen molar-refractivity contribution in [2.45, 2.75) is 13.5 Å². The normalized spacial score (nSPS) is 11.3. The minimum absolute atomic E-state index is 0.0921. The third-order valence-corrected chi connectivity index (χ3v) is 5.53. The smallest absolute Gasteiger partial charge is 0.260 e. The Labute approximate surface area is 173 Å². The molecule has 0 N–H and O–H groups in total. The van der Waals surface area contributed by atoms with Crippen LogP contribution in [0.5, 0.6) is 5.75 Å². The van der Waals surface area contributed by atoms with Crippen LogP contribution in [0.4, 0.5) is 0 Å². The lowest BCUT2D eigenvalue weighted by molar-refractivity contribution is 0.415. The van der Waals surface area contributed by atoms with Crippen LogP contribution in [0.1, 0.15) is 11.1 Å². The summed E-state index contributed by atoms with van der Waals surface area (Å²) in [7, 11) is 1.63. The zero-order valence-electron chi connectivity index (χ0n) is 16.9. The number of hydrogen-bond donors (Lipinski definition) is 0. The summed E-state index contributed by atoms with van der Waals surface area (Å²) in [6, 6.07) is 25.4. The maximum absolute atomic E-state index is 13.1. The van der Waals surface area contributed by atoms with Gasteiger partial charge in [0.2, 0.25) is 5.78 Å². The van der Waals surface area contributed by atoms with Crippen LogP contribution in [0.2, 0.25) is 0 Å². The lowest BCUT2D eigenvalue weighted by atomic mass is 10.1. The highest BCUT2D eigenvalue weighted by molar-refractivity contribution is 5.81. The van der Waals surface area contributed by atoms with Crippen LogP contribution in [-0.4, -0.2) is 21.1 Å². The highest BCUT2D eigenvalue weighted by Crippen LogP contribution is 2.24. The zero-order valence-corrected chi connectivity index (χ0v) is 16.9. The summed E-state index contributed by atoms with van der Waals surface area (Å²) in [4.78, 5) is 18.0. The molecular weight excluding hydrogens is 374 g/mol. The van der Waals surface area contributed by atoms with Crippen LogP contribution in [0.15, 0.2) is 83.7 Å². The van der Waals surface area contributed by atoms with Gasteiger partial charge in [-0.1, -0.05) is 36.4 Å². The largest absolute Gasteiger partial charge is 0.497 e. The number of fused-ring (bicyclic) bond motifs is 3. The molecule has 2 aromatic heterocycles. The molecule has 0 saturated heterocycles. The number of aromatic nitrogens is 3. The molecule has 5 rings (SSSR count). The molecule has 0 atom stereocenters. The molecule has 0 aliphatic rings. The third-order valence-electron chi connectivity index (χ3n) is 5.53. The summed E-state index contributed by atoms with van der Waals surface area (Å²) in [6.07, 6.45) is 0. The van der Waals surface area contributed by atoms with E-state index in [1.54, 1.807) is 17.6 Å². The minimum atomic E-state index is -0.0921. The molecule has 0 bridgehead atoms. The van der Waals surface area contributed by atoms with Crippen molar-refractivity contribution in [3.05, 3.63) is 100 Å². The van der Waals surface area contributed by atoms with Gasteiger partial charge in [0.25, 0.3) is 5.56 Å². The van der Waals surface area contributed by atoms with Crippen molar-refractivity contribution in [1.29, 1.82) is 0 Å². The molecule has 3 aromatic carbocycles. The lowest BCUT2D eigenvalue weighted by Gasteiger charge is -2.10. The quantitative estimate of drug-likeness (QED) is 0.444. The van der Waals surface area contributed by atoms with Crippen LogP contribution in [0.3, 0.4) is 0 Å². The van der Waals surface area contributed by atoms with Crippen LogP contribution in [0.25, 0.3) is 28.1 Å².